The predicted molar refractivity (Wildman–Crippen MR) is 68.3 cm³/mol. The van der Waals surface area contributed by atoms with E-state index in [2.05, 4.69) is 10.3 Å². The average Bonchev–Trinajstić information content (AvgIpc) is 2.94. The highest BCUT2D eigenvalue weighted by Gasteiger charge is 2.40. The molecule has 1 aromatic heterocycles. The maximum absolute atomic E-state index is 13.1. The van der Waals surface area contributed by atoms with E-state index < -0.39 is 11.1 Å². The molecule has 0 amide bonds. The highest BCUT2D eigenvalue weighted by molar-refractivity contribution is 7.15. The molecule has 7 heteroatoms. The summed E-state index contributed by atoms with van der Waals surface area (Å²) in [6.07, 6.45) is -2.76. The van der Waals surface area contributed by atoms with Crippen LogP contribution in [0.3, 0.4) is 0 Å². The van der Waals surface area contributed by atoms with Crippen molar-refractivity contribution in [2.24, 2.45) is 0 Å². The lowest BCUT2D eigenvalue weighted by molar-refractivity contribution is -0.134. The molecule has 1 saturated carbocycles. The summed E-state index contributed by atoms with van der Waals surface area (Å²) in [5.41, 5.74) is 0.857. The first-order chi connectivity index (χ1) is 9.43. The van der Waals surface area contributed by atoms with Crippen LogP contribution >= 0.6 is 11.3 Å². The fourth-order valence-electron chi connectivity index (χ4n) is 2.09. The molecule has 106 valence electrons. The summed E-state index contributed by atoms with van der Waals surface area (Å²) in [5.74, 6) is -0.175. The molecular formula is C13H10F4N2S. The second-order valence-electron chi connectivity index (χ2n) is 4.68. The normalized spacial score (nSPS) is 21.8. The van der Waals surface area contributed by atoms with E-state index in [1.165, 1.54) is 12.1 Å². The molecule has 20 heavy (non-hydrogen) atoms. The van der Waals surface area contributed by atoms with Crippen molar-refractivity contribution in [3.63, 3.8) is 0 Å². The van der Waals surface area contributed by atoms with Gasteiger partial charge in [0.1, 0.15) is 10.7 Å². The number of hydrogen-bond acceptors (Lipinski definition) is 3. The zero-order valence-electron chi connectivity index (χ0n) is 10.1. The van der Waals surface area contributed by atoms with Crippen LogP contribution < -0.4 is 5.32 Å². The number of rotatable bonds is 3. The fraction of sp³-hybridized carbons (Fsp3) is 0.308. The highest BCUT2D eigenvalue weighted by atomic mass is 32.1. The van der Waals surface area contributed by atoms with Gasteiger partial charge in [-0.3, -0.25) is 0 Å². The Bertz CT molecular complexity index is 623. The number of hydrogen-bond donors (Lipinski definition) is 1. The quantitative estimate of drug-likeness (QED) is 0.857. The van der Waals surface area contributed by atoms with E-state index in [1.807, 2.05) is 6.07 Å². The van der Waals surface area contributed by atoms with Gasteiger partial charge in [-0.15, -0.1) is 0 Å². The molecule has 1 aromatic carbocycles. The van der Waals surface area contributed by atoms with Crippen molar-refractivity contribution in [2.45, 2.75) is 24.6 Å². The van der Waals surface area contributed by atoms with Crippen LogP contribution in [0.1, 0.15) is 22.8 Å². The standard InChI is InChI=1S/C13H10F4N2S/c14-8-3-1-2-7(4-8)9-5-10(9)19-12-18-6-11(20-12)13(15,16)17/h1-4,6,9-10H,5H2,(H,18,19)/t9-,10+/m0/s1. The zero-order chi connectivity index (χ0) is 14.3. The van der Waals surface area contributed by atoms with Gasteiger partial charge >= 0.3 is 6.18 Å². The third kappa shape index (κ3) is 2.77. The van der Waals surface area contributed by atoms with E-state index in [4.69, 9.17) is 0 Å². The minimum Gasteiger partial charge on any atom is -0.358 e. The zero-order valence-corrected chi connectivity index (χ0v) is 10.9. The molecule has 0 radical (unpaired) electrons. The van der Waals surface area contributed by atoms with Crippen molar-refractivity contribution in [3.8, 4) is 0 Å². The van der Waals surface area contributed by atoms with Gasteiger partial charge in [-0.2, -0.15) is 13.2 Å². The Morgan fingerprint density at radius 2 is 2.10 bits per heavy atom. The Morgan fingerprint density at radius 3 is 2.75 bits per heavy atom. The van der Waals surface area contributed by atoms with Gasteiger partial charge in [-0.05, 0) is 24.1 Å². The van der Waals surface area contributed by atoms with Crippen molar-refractivity contribution in [1.29, 1.82) is 0 Å². The van der Waals surface area contributed by atoms with Gasteiger partial charge < -0.3 is 5.32 Å². The maximum Gasteiger partial charge on any atom is 0.427 e. The van der Waals surface area contributed by atoms with Crippen LogP contribution in [0.4, 0.5) is 22.7 Å². The molecule has 2 nitrogen and oxygen atoms in total. The van der Waals surface area contributed by atoms with Crippen molar-refractivity contribution in [1.82, 2.24) is 4.98 Å². The number of nitrogens with one attached hydrogen (secondary N) is 1. The summed E-state index contributed by atoms with van der Waals surface area (Å²) < 4.78 is 50.4. The second kappa shape index (κ2) is 4.73. The van der Waals surface area contributed by atoms with Crippen molar-refractivity contribution in [3.05, 3.63) is 46.7 Å². The third-order valence-electron chi connectivity index (χ3n) is 3.16. The van der Waals surface area contributed by atoms with Crippen LogP contribution in [0.5, 0.6) is 0 Å². The molecule has 1 heterocycles. The first-order valence-electron chi connectivity index (χ1n) is 5.98. The van der Waals surface area contributed by atoms with Crippen LogP contribution in [-0.4, -0.2) is 11.0 Å². The van der Waals surface area contributed by atoms with E-state index >= 15 is 0 Å². The number of aromatic nitrogens is 1. The predicted octanol–water partition coefficient (Wildman–Crippen LogP) is 4.27. The SMILES string of the molecule is Fc1cccc([C@@H]2C[C@H]2Nc2ncc(C(F)(F)F)s2)c1. The van der Waals surface area contributed by atoms with Crippen molar-refractivity contribution >= 4 is 16.5 Å². The molecule has 1 fully saturated rings. The summed E-state index contributed by atoms with van der Waals surface area (Å²) in [4.78, 5) is 3.00. The molecule has 2 atom stereocenters. The summed E-state index contributed by atoms with van der Waals surface area (Å²) >= 11 is 0.587. The Morgan fingerprint density at radius 1 is 1.30 bits per heavy atom. The monoisotopic (exact) mass is 302 g/mol. The molecule has 0 aliphatic heterocycles. The minimum absolute atomic E-state index is 0.0176. The molecule has 0 spiro atoms. The van der Waals surface area contributed by atoms with Crippen LogP contribution in [-0.2, 0) is 6.18 Å². The second-order valence-corrected chi connectivity index (χ2v) is 5.71. The lowest BCUT2D eigenvalue weighted by Gasteiger charge is -2.03. The van der Waals surface area contributed by atoms with Crippen LogP contribution in [0, 0.1) is 5.82 Å². The number of nitrogens with zero attached hydrogens (tertiary/aromatic N) is 1. The molecule has 3 rings (SSSR count). The number of alkyl halides is 3. The molecule has 0 saturated heterocycles. The first kappa shape index (κ1) is 13.4. The van der Waals surface area contributed by atoms with Gasteiger partial charge in [-0.25, -0.2) is 9.37 Å². The number of halogens is 4. The van der Waals surface area contributed by atoms with Crippen LogP contribution in [0.25, 0.3) is 0 Å². The van der Waals surface area contributed by atoms with Crippen molar-refractivity contribution in [2.75, 3.05) is 5.32 Å². The van der Waals surface area contributed by atoms with Gasteiger partial charge in [0.2, 0.25) is 0 Å². The number of benzene rings is 1. The number of anilines is 1. The molecule has 2 aromatic rings. The third-order valence-corrected chi connectivity index (χ3v) is 4.13. The molecule has 0 unspecified atom stereocenters. The highest BCUT2D eigenvalue weighted by Crippen LogP contribution is 2.44. The van der Waals surface area contributed by atoms with E-state index in [0.717, 1.165) is 18.2 Å². The molecule has 1 aliphatic carbocycles. The minimum atomic E-state index is -4.36. The van der Waals surface area contributed by atoms with E-state index in [1.54, 1.807) is 6.07 Å². The summed E-state index contributed by atoms with van der Waals surface area (Å²) in [5, 5.41) is 3.21. The molecular weight excluding hydrogens is 292 g/mol. The molecule has 1 N–H and O–H groups in total. The Hall–Kier alpha value is -1.63. The Kier molecular flexibility index (Phi) is 3.16. The Balaban J connectivity index is 1.65. The summed E-state index contributed by atoms with van der Waals surface area (Å²) in [7, 11) is 0. The fourth-order valence-corrected chi connectivity index (χ4v) is 2.84. The Labute approximate surface area is 116 Å². The van der Waals surface area contributed by atoms with Crippen molar-refractivity contribution < 1.29 is 17.6 Å². The number of thiazole rings is 1. The van der Waals surface area contributed by atoms with Gasteiger partial charge in [0.15, 0.2) is 5.13 Å². The topological polar surface area (TPSA) is 24.9 Å². The molecule has 1 aliphatic rings. The van der Waals surface area contributed by atoms with Gasteiger partial charge in [0.25, 0.3) is 0 Å². The average molecular weight is 302 g/mol. The first-order valence-corrected chi connectivity index (χ1v) is 6.80. The maximum atomic E-state index is 13.1. The van der Waals surface area contributed by atoms with E-state index in [9.17, 15) is 17.6 Å². The van der Waals surface area contributed by atoms with E-state index in [0.29, 0.717) is 11.3 Å². The van der Waals surface area contributed by atoms with E-state index in [-0.39, 0.29) is 22.9 Å². The largest absolute Gasteiger partial charge is 0.427 e. The van der Waals surface area contributed by atoms with Crippen LogP contribution in [0.2, 0.25) is 0 Å². The van der Waals surface area contributed by atoms with Gasteiger partial charge in [0, 0.05) is 12.0 Å². The summed E-state index contributed by atoms with van der Waals surface area (Å²) in [6, 6.07) is 6.29. The van der Waals surface area contributed by atoms with Gasteiger partial charge in [-0.1, -0.05) is 23.5 Å². The van der Waals surface area contributed by atoms with Crippen LogP contribution in [0.15, 0.2) is 30.5 Å². The summed E-state index contributed by atoms with van der Waals surface area (Å²) in [6.45, 7) is 0. The molecule has 0 bridgehead atoms. The lowest BCUT2D eigenvalue weighted by Crippen LogP contribution is -2.03. The smallest absolute Gasteiger partial charge is 0.358 e. The van der Waals surface area contributed by atoms with Gasteiger partial charge in [0.05, 0.1) is 6.20 Å². The lowest BCUT2D eigenvalue weighted by atomic mass is 10.1.